The van der Waals surface area contributed by atoms with Crippen LogP contribution in [0, 0.1) is 6.92 Å². The van der Waals surface area contributed by atoms with Crippen LogP contribution in [0.25, 0.3) is 11.1 Å². The summed E-state index contributed by atoms with van der Waals surface area (Å²) in [6.45, 7) is 8.20. The molecule has 1 saturated heterocycles. The number of aromatic nitrogens is 1. The van der Waals surface area contributed by atoms with E-state index in [2.05, 4.69) is 13.8 Å². The smallest absolute Gasteiger partial charge is 0.355 e. The molecule has 1 amide bonds. The van der Waals surface area contributed by atoms with Crippen LogP contribution in [-0.2, 0) is 16.1 Å². The van der Waals surface area contributed by atoms with E-state index in [1.54, 1.807) is 17.6 Å². The van der Waals surface area contributed by atoms with Gasteiger partial charge in [0.05, 0.1) is 12.1 Å². The van der Waals surface area contributed by atoms with E-state index in [9.17, 15) is 9.59 Å². The average molecular weight is 346 g/mol. The Hall–Kier alpha value is -2.24. The highest BCUT2D eigenvalue weighted by Crippen LogP contribution is 2.27. The number of nitrogens with zero attached hydrogens (tertiary/aromatic N) is 2. The number of likely N-dealkylation sites (tertiary alicyclic amines) is 1. The topological polar surface area (TPSA) is 64.7 Å². The molecule has 1 aliphatic heterocycles. The van der Waals surface area contributed by atoms with Crippen LogP contribution in [0.2, 0.25) is 0 Å². The molecule has 0 spiro atoms. The maximum atomic E-state index is 13.0. The van der Waals surface area contributed by atoms with E-state index < -0.39 is 5.97 Å². The molecule has 6 heteroatoms. The van der Waals surface area contributed by atoms with E-state index in [4.69, 9.17) is 9.15 Å². The Morgan fingerprint density at radius 1 is 1.24 bits per heavy atom. The zero-order chi connectivity index (χ0) is 18.1. The zero-order valence-electron chi connectivity index (χ0n) is 15.4. The molecule has 0 N–H and O–H groups in total. The molecule has 1 aliphatic rings. The number of furan rings is 1. The lowest BCUT2D eigenvalue weighted by atomic mass is 9.97. The number of carbonyl (C=O) groups excluding carboxylic acids is 2. The zero-order valence-corrected chi connectivity index (χ0v) is 15.4. The summed E-state index contributed by atoms with van der Waals surface area (Å²) in [7, 11) is 0. The van der Waals surface area contributed by atoms with E-state index in [1.807, 2.05) is 17.9 Å². The number of rotatable bonds is 4. The largest absolute Gasteiger partial charge is 0.461 e. The Morgan fingerprint density at radius 3 is 2.56 bits per heavy atom. The average Bonchev–Trinajstić information content (AvgIpc) is 3.05. The predicted octanol–water partition coefficient (Wildman–Crippen LogP) is 3.51. The summed E-state index contributed by atoms with van der Waals surface area (Å²) in [4.78, 5) is 27.2. The number of fused-ring (bicyclic) bond motifs is 1. The minimum atomic E-state index is -0.431. The first-order valence-electron chi connectivity index (χ1n) is 9.00. The van der Waals surface area contributed by atoms with Gasteiger partial charge in [-0.25, -0.2) is 4.79 Å². The van der Waals surface area contributed by atoms with Gasteiger partial charge < -0.3 is 18.6 Å². The van der Waals surface area contributed by atoms with E-state index in [0.29, 0.717) is 17.9 Å². The second kappa shape index (κ2) is 6.94. The van der Waals surface area contributed by atoms with Gasteiger partial charge in [0.2, 0.25) is 5.91 Å². The summed E-state index contributed by atoms with van der Waals surface area (Å²) in [6.07, 6.45) is 3.19. The number of esters is 1. The molecule has 0 unspecified atom stereocenters. The van der Waals surface area contributed by atoms with E-state index >= 15 is 0 Å². The lowest BCUT2D eigenvalue weighted by Gasteiger charge is -2.39. The van der Waals surface area contributed by atoms with Gasteiger partial charge in [-0.05, 0) is 47.0 Å². The Bertz CT molecular complexity index is 779. The second-order valence-corrected chi connectivity index (χ2v) is 6.87. The number of hydrogen-bond acceptors (Lipinski definition) is 4. The molecule has 2 aromatic heterocycles. The minimum absolute atomic E-state index is 0.0293. The molecule has 0 aliphatic carbocycles. The van der Waals surface area contributed by atoms with Gasteiger partial charge in [-0.3, -0.25) is 4.79 Å². The number of piperidine rings is 1. The van der Waals surface area contributed by atoms with Crippen molar-refractivity contribution in [1.82, 2.24) is 9.47 Å². The molecular formula is C19H26N2O4. The minimum Gasteiger partial charge on any atom is -0.461 e. The number of aryl methyl sites for hydroxylation is 1. The molecule has 136 valence electrons. The third-order valence-corrected chi connectivity index (χ3v) is 4.97. The second-order valence-electron chi connectivity index (χ2n) is 6.87. The Kier molecular flexibility index (Phi) is 4.88. The summed E-state index contributed by atoms with van der Waals surface area (Å²) >= 11 is 0. The lowest BCUT2D eigenvalue weighted by Crippen LogP contribution is -2.48. The maximum absolute atomic E-state index is 13.0. The van der Waals surface area contributed by atoms with Crippen LogP contribution in [-0.4, -0.2) is 40.0 Å². The predicted molar refractivity (Wildman–Crippen MR) is 94.5 cm³/mol. The van der Waals surface area contributed by atoms with Crippen LogP contribution in [0.4, 0.5) is 0 Å². The highest BCUT2D eigenvalue weighted by Gasteiger charge is 2.30. The van der Waals surface area contributed by atoms with E-state index in [-0.39, 0.29) is 24.5 Å². The molecule has 2 atom stereocenters. The summed E-state index contributed by atoms with van der Waals surface area (Å²) in [5, 5.41) is 0. The quantitative estimate of drug-likeness (QED) is 0.795. The molecule has 3 rings (SSSR count). The monoisotopic (exact) mass is 346 g/mol. The van der Waals surface area contributed by atoms with Crippen molar-refractivity contribution < 1.29 is 18.7 Å². The number of amides is 1. The fourth-order valence-electron chi connectivity index (χ4n) is 3.84. The molecule has 2 aromatic rings. The van der Waals surface area contributed by atoms with Gasteiger partial charge in [-0.1, -0.05) is 0 Å². The molecule has 6 nitrogen and oxygen atoms in total. The van der Waals surface area contributed by atoms with E-state index in [1.165, 1.54) is 0 Å². The van der Waals surface area contributed by atoms with Crippen LogP contribution in [0.15, 0.2) is 16.5 Å². The first-order valence-corrected chi connectivity index (χ1v) is 9.00. The summed E-state index contributed by atoms with van der Waals surface area (Å²) in [6, 6.07) is 3.96. The van der Waals surface area contributed by atoms with Crippen LogP contribution >= 0.6 is 0 Å². The lowest BCUT2D eigenvalue weighted by molar-refractivity contribution is -0.137. The normalized spacial score (nSPS) is 20.9. The highest BCUT2D eigenvalue weighted by molar-refractivity contribution is 5.95. The standard InChI is InChI=1S/C19H26N2O4/c1-5-24-19(23)16-10-17-15(9-14(4)25-17)20(16)11-18(22)21-12(2)7-6-8-13(21)3/h9-10,12-13H,5-8,11H2,1-4H3/t12-,13+. The molecule has 0 bridgehead atoms. The highest BCUT2D eigenvalue weighted by atomic mass is 16.5. The van der Waals surface area contributed by atoms with Crippen molar-refractivity contribution in [3.63, 3.8) is 0 Å². The Labute approximate surface area is 147 Å². The molecular weight excluding hydrogens is 320 g/mol. The van der Waals surface area contributed by atoms with Crippen molar-refractivity contribution >= 4 is 23.0 Å². The molecule has 0 radical (unpaired) electrons. The third-order valence-electron chi connectivity index (χ3n) is 4.97. The summed E-state index contributed by atoms with van der Waals surface area (Å²) < 4.78 is 12.5. The SMILES string of the molecule is CCOC(=O)c1cc2oc(C)cc2n1CC(=O)N1[C@H](C)CCC[C@@H]1C. The van der Waals surface area contributed by atoms with Gasteiger partial charge in [0, 0.05) is 24.2 Å². The van der Waals surface area contributed by atoms with Gasteiger partial charge in [0.15, 0.2) is 5.58 Å². The molecule has 0 saturated carbocycles. The maximum Gasteiger partial charge on any atom is 0.355 e. The van der Waals surface area contributed by atoms with Crippen LogP contribution in [0.5, 0.6) is 0 Å². The van der Waals surface area contributed by atoms with Crippen LogP contribution in [0.1, 0.15) is 56.3 Å². The van der Waals surface area contributed by atoms with Crippen molar-refractivity contribution in [3.05, 3.63) is 23.6 Å². The molecule has 3 heterocycles. The van der Waals surface area contributed by atoms with Gasteiger partial charge in [0.1, 0.15) is 18.0 Å². The van der Waals surface area contributed by atoms with Gasteiger partial charge in [-0.2, -0.15) is 0 Å². The summed E-state index contributed by atoms with van der Waals surface area (Å²) in [5.41, 5.74) is 1.72. The van der Waals surface area contributed by atoms with Crippen molar-refractivity contribution in [1.29, 1.82) is 0 Å². The third kappa shape index (κ3) is 3.30. The summed E-state index contributed by atoms with van der Waals surface area (Å²) in [5.74, 6) is 0.349. The number of carbonyl (C=O) groups is 2. The first-order chi connectivity index (χ1) is 11.9. The van der Waals surface area contributed by atoms with Crippen LogP contribution < -0.4 is 0 Å². The fourth-order valence-corrected chi connectivity index (χ4v) is 3.84. The number of ether oxygens (including phenoxy) is 1. The molecule has 1 fully saturated rings. The van der Waals surface area contributed by atoms with Gasteiger partial charge >= 0.3 is 5.97 Å². The van der Waals surface area contributed by atoms with Crippen LogP contribution in [0.3, 0.4) is 0 Å². The molecule has 25 heavy (non-hydrogen) atoms. The fraction of sp³-hybridized carbons (Fsp3) is 0.579. The molecule has 0 aromatic carbocycles. The van der Waals surface area contributed by atoms with Gasteiger partial charge in [0.25, 0.3) is 0 Å². The van der Waals surface area contributed by atoms with E-state index in [0.717, 1.165) is 30.5 Å². The number of hydrogen-bond donors (Lipinski definition) is 0. The van der Waals surface area contributed by atoms with Crippen molar-refractivity contribution in [3.8, 4) is 0 Å². The van der Waals surface area contributed by atoms with Crippen molar-refractivity contribution in [2.75, 3.05) is 6.61 Å². The van der Waals surface area contributed by atoms with Gasteiger partial charge in [-0.15, -0.1) is 0 Å². The van der Waals surface area contributed by atoms with Crippen molar-refractivity contribution in [2.45, 2.75) is 65.6 Å². The Morgan fingerprint density at radius 2 is 1.92 bits per heavy atom. The Balaban J connectivity index is 1.94. The first kappa shape index (κ1) is 17.6. The van der Waals surface area contributed by atoms with Crippen molar-refractivity contribution in [2.24, 2.45) is 0 Å².